The maximum atomic E-state index is 13.7. The van der Waals surface area contributed by atoms with Crippen molar-refractivity contribution in [1.29, 1.82) is 0 Å². The van der Waals surface area contributed by atoms with Crippen molar-refractivity contribution in [3.63, 3.8) is 0 Å². The highest BCUT2D eigenvalue weighted by Crippen LogP contribution is 2.27. The third kappa shape index (κ3) is 5.59. The Bertz CT molecular complexity index is 1130. The number of hydrogen-bond donors (Lipinski definition) is 2. The van der Waals surface area contributed by atoms with Crippen LogP contribution in [0.4, 0.5) is 14.5 Å². The predicted molar refractivity (Wildman–Crippen MR) is 123 cm³/mol. The highest BCUT2D eigenvalue weighted by atomic mass is 19.2. The van der Waals surface area contributed by atoms with E-state index in [1.165, 1.54) is 11.0 Å². The minimum Gasteiger partial charge on any atom is -0.343 e. The second kappa shape index (κ2) is 9.87. The molecular formula is C25H26F2N4O2. The van der Waals surface area contributed by atoms with Crippen molar-refractivity contribution in [2.75, 3.05) is 18.9 Å². The molecule has 0 fully saturated rings. The Balaban J connectivity index is 1.65. The van der Waals surface area contributed by atoms with Gasteiger partial charge in [0.25, 0.3) is 5.91 Å². The lowest BCUT2D eigenvalue weighted by Crippen LogP contribution is -2.44. The predicted octanol–water partition coefficient (Wildman–Crippen LogP) is 4.05. The Labute approximate surface area is 191 Å². The third-order valence-corrected chi connectivity index (χ3v) is 5.53. The van der Waals surface area contributed by atoms with Crippen LogP contribution in [0.3, 0.4) is 0 Å². The Morgan fingerprint density at radius 1 is 1.03 bits per heavy atom. The normalized spacial score (nSPS) is 12.2. The van der Waals surface area contributed by atoms with Crippen LogP contribution in [-0.2, 0) is 10.2 Å². The molecule has 3 N–H and O–H groups in total. The average Bonchev–Trinajstić information content (AvgIpc) is 2.80. The van der Waals surface area contributed by atoms with Gasteiger partial charge in [-0.05, 0) is 61.4 Å². The van der Waals surface area contributed by atoms with Crippen molar-refractivity contribution in [3.8, 4) is 0 Å². The van der Waals surface area contributed by atoms with E-state index in [0.717, 1.165) is 17.7 Å². The summed E-state index contributed by atoms with van der Waals surface area (Å²) in [6.07, 6.45) is 3.17. The third-order valence-electron chi connectivity index (χ3n) is 5.53. The monoisotopic (exact) mass is 452 g/mol. The lowest BCUT2D eigenvalue weighted by molar-refractivity contribution is -0.135. The van der Waals surface area contributed by atoms with Crippen LogP contribution in [0.1, 0.15) is 41.4 Å². The molecule has 0 saturated carbocycles. The van der Waals surface area contributed by atoms with E-state index in [1.54, 1.807) is 69.7 Å². The van der Waals surface area contributed by atoms with E-state index in [0.29, 0.717) is 16.8 Å². The van der Waals surface area contributed by atoms with Gasteiger partial charge in [-0.2, -0.15) is 0 Å². The summed E-state index contributed by atoms with van der Waals surface area (Å²) < 4.78 is 26.9. The zero-order valence-electron chi connectivity index (χ0n) is 18.7. The zero-order valence-corrected chi connectivity index (χ0v) is 18.7. The molecule has 3 rings (SSSR count). The van der Waals surface area contributed by atoms with Gasteiger partial charge in [0.05, 0.1) is 5.41 Å². The van der Waals surface area contributed by atoms with E-state index in [-0.39, 0.29) is 18.4 Å². The molecule has 1 atom stereocenters. The number of carbonyl (C=O) groups excluding carboxylic acids is 2. The van der Waals surface area contributed by atoms with Gasteiger partial charge < -0.3 is 16.0 Å². The minimum absolute atomic E-state index is 0.203. The van der Waals surface area contributed by atoms with Gasteiger partial charge in [0.15, 0.2) is 11.6 Å². The first-order valence-corrected chi connectivity index (χ1v) is 10.4. The summed E-state index contributed by atoms with van der Waals surface area (Å²) in [6, 6.07) is 13.1. The van der Waals surface area contributed by atoms with Gasteiger partial charge in [-0.25, -0.2) is 8.78 Å². The smallest absolute Gasteiger partial charge is 0.255 e. The van der Waals surface area contributed by atoms with Crippen molar-refractivity contribution in [1.82, 2.24) is 9.88 Å². The lowest BCUT2D eigenvalue weighted by Gasteiger charge is -2.31. The number of amides is 2. The average molecular weight is 453 g/mol. The van der Waals surface area contributed by atoms with Gasteiger partial charge in [0.1, 0.15) is 0 Å². The molecule has 8 heteroatoms. The number of anilines is 1. The number of halogens is 2. The number of rotatable bonds is 7. The van der Waals surface area contributed by atoms with Crippen molar-refractivity contribution < 1.29 is 18.4 Å². The van der Waals surface area contributed by atoms with Crippen LogP contribution in [0, 0.1) is 11.6 Å². The molecule has 1 unspecified atom stereocenters. The second-order valence-corrected chi connectivity index (χ2v) is 8.36. The lowest BCUT2D eigenvalue weighted by atomic mass is 9.83. The summed E-state index contributed by atoms with van der Waals surface area (Å²) in [5, 5.41) is 2.78. The number of benzene rings is 2. The summed E-state index contributed by atoms with van der Waals surface area (Å²) in [5.74, 6) is -2.50. The highest BCUT2D eigenvalue weighted by molar-refractivity contribution is 6.04. The second-order valence-electron chi connectivity index (χ2n) is 8.36. The SMILES string of the molecule is CN(CC(N)c1ccc(C(=O)Nc2ccncc2)cc1)C(=O)C(C)(C)c1ccc(F)c(F)c1. The van der Waals surface area contributed by atoms with E-state index in [4.69, 9.17) is 5.73 Å². The van der Waals surface area contributed by atoms with Crippen molar-refractivity contribution in [2.45, 2.75) is 25.3 Å². The molecule has 0 spiro atoms. The summed E-state index contributed by atoms with van der Waals surface area (Å²) >= 11 is 0. The molecule has 6 nitrogen and oxygen atoms in total. The number of nitrogens with two attached hydrogens (primary N) is 1. The van der Waals surface area contributed by atoms with E-state index in [2.05, 4.69) is 10.3 Å². The molecule has 1 aromatic heterocycles. The van der Waals surface area contributed by atoms with Crippen LogP contribution < -0.4 is 11.1 Å². The first-order valence-electron chi connectivity index (χ1n) is 10.4. The summed E-state index contributed by atoms with van der Waals surface area (Å²) in [5.41, 5.74) is 7.45. The number of hydrogen-bond acceptors (Lipinski definition) is 4. The molecule has 172 valence electrons. The van der Waals surface area contributed by atoms with Gasteiger partial charge in [0.2, 0.25) is 5.91 Å². The zero-order chi connectivity index (χ0) is 24.2. The molecule has 2 aromatic carbocycles. The van der Waals surface area contributed by atoms with Gasteiger partial charge in [-0.1, -0.05) is 18.2 Å². The van der Waals surface area contributed by atoms with Crippen LogP contribution in [0.5, 0.6) is 0 Å². The molecule has 33 heavy (non-hydrogen) atoms. The largest absolute Gasteiger partial charge is 0.343 e. The summed E-state index contributed by atoms with van der Waals surface area (Å²) in [4.78, 5) is 30.8. The standard InChI is InChI=1S/C25H26F2N4O2/c1-25(2,18-8-9-20(26)21(27)14-18)24(33)31(3)15-22(28)16-4-6-17(7-5-16)23(32)30-19-10-12-29-13-11-19/h4-14,22H,15,28H2,1-3H3,(H,29,30,32). The molecule has 0 bridgehead atoms. The maximum Gasteiger partial charge on any atom is 0.255 e. The van der Waals surface area contributed by atoms with Crippen LogP contribution in [0.2, 0.25) is 0 Å². The fraction of sp³-hybridized carbons (Fsp3) is 0.240. The molecule has 0 aliphatic carbocycles. The van der Waals surface area contributed by atoms with Crippen molar-refractivity contribution in [2.24, 2.45) is 5.73 Å². The Morgan fingerprint density at radius 2 is 1.67 bits per heavy atom. The topological polar surface area (TPSA) is 88.3 Å². The Hall–Kier alpha value is -3.65. The molecule has 0 radical (unpaired) electrons. The van der Waals surface area contributed by atoms with Crippen molar-refractivity contribution >= 4 is 17.5 Å². The number of nitrogens with zero attached hydrogens (tertiary/aromatic N) is 2. The Kier molecular flexibility index (Phi) is 7.18. The van der Waals surface area contributed by atoms with Crippen LogP contribution in [-0.4, -0.2) is 35.3 Å². The summed E-state index contributed by atoms with van der Waals surface area (Å²) in [6.45, 7) is 3.51. The first-order chi connectivity index (χ1) is 15.6. The number of carbonyl (C=O) groups is 2. The first kappa shape index (κ1) is 24.0. The van der Waals surface area contributed by atoms with Crippen LogP contribution in [0.25, 0.3) is 0 Å². The van der Waals surface area contributed by atoms with Crippen LogP contribution >= 0.6 is 0 Å². The fourth-order valence-electron chi connectivity index (χ4n) is 3.49. The molecule has 0 aliphatic rings. The van der Waals surface area contributed by atoms with Crippen LogP contribution in [0.15, 0.2) is 67.0 Å². The molecule has 0 saturated heterocycles. The summed E-state index contributed by atoms with van der Waals surface area (Å²) in [7, 11) is 1.61. The Morgan fingerprint density at radius 3 is 2.27 bits per heavy atom. The molecular weight excluding hydrogens is 426 g/mol. The molecule has 2 amide bonds. The van der Waals surface area contributed by atoms with E-state index in [1.807, 2.05) is 0 Å². The van der Waals surface area contributed by atoms with Gasteiger partial charge in [-0.3, -0.25) is 14.6 Å². The van der Waals surface area contributed by atoms with E-state index < -0.39 is 23.1 Å². The van der Waals surface area contributed by atoms with Gasteiger partial charge in [-0.15, -0.1) is 0 Å². The molecule has 3 aromatic rings. The number of pyridine rings is 1. The number of likely N-dealkylation sites (N-methyl/N-ethyl adjacent to an activating group) is 1. The van der Waals surface area contributed by atoms with Crippen molar-refractivity contribution in [3.05, 3.63) is 95.3 Å². The van der Waals surface area contributed by atoms with Gasteiger partial charge in [0, 0.05) is 43.3 Å². The maximum absolute atomic E-state index is 13.7. The molecule has 0 aliphatic heterocycles. The van der Waals surface area contributed by atoms with E-state index >= 15 is 0 Å². The quantitative estimate of drug-likeness (QED) is 0.566. The van der Waals surface area contributed by atoms with E-state index in [9.17, 15) is 18.4 Å². The number of aromatic nitrogens is 1. The molecule has 1 heterocycles. The highest BCUT2D eigenvalue weighted by Gasteiger charge is 2.33. The fourth-order valence-corrected chi connectivity index (χ4v) is 3.49. The number of nitrogens with one attached hydrogen (secondary N) is 1. The minimum atomic E-state index is -1.07. The van der Waals surface area contributed by atoms with Gasteiger partial charge >= 0.3 is 0 Å².